The third kappa shape index (κ3) is 4.09. The lowest BCUT2D eigenvalue weighted by atomic mass is 10.0. The minimum atomic E-state index is -3.17. The average Bonchev–Trinajstić information content (AvgIpc) is 2.99. The third-order valence-corrected chi connectivity index (χ3v) is 7.51. The van der Waals surface area contributed by atoms with E-state index in [9.17, 15) is 13.2 Å². The number of halogens is 1. The van der Waals surface area contributed by atoms with Crippen LogP contribution in [0.3, 0.4) is 0 Å². The van der Waals surface area contributed by atoms with Crippen LogP contribution in [0, 0.1) is 0 Å². The Kier molecular flexibility index (Phi) is 5.45. The van der Waals surface area contributed by atoms with Crippen LogP contribution in [0.1, 0.15) is 12.0 Å². The molecule has 4 rings (SSSR count). The SMILES string of the molecule is O=C1CN(CCCc2ccccc2)[C@H]2CS(=O)(=O)C[C@H]2N1c1ccc(Cl)cc1. The highest BCUT2D eigenvalue weighted by Gasteiger charge is 2.49. The van der Waals surface area contributed by atoms with E-state index in [0.717, 1.165) is 12.8 Å². The number of amides is 1. The second-order valence-electron chi connectivity index (χ2n) is 7.51. The van der Waals surface area contributed by atoms with E-state index in [0.29, 0.717) is 17.3 Å². The molecule has 5 nitrogen and oxygen atoms in total. The van der Waals surface area contributed by atoms with Gasteiger partial charge in [0.1, 0.15) is 0 Å². The van der Waals surface area contributed by atoms with Crippen molar-refractivity contribution >= 4 is 33.0 Å². The first-order valence-electron chi connectivity index (χ1n) is 9.49. The van der Waals surface area contributed by atoms with Gasteiger partial charge in [0.05, 0.1) is 24.1 Å². The molecule has 28 heavy (non-hydrogen) atoms. The molecule has 0 aliphatic carbocycles. The molecule has 2 saturated heterocycles. The molecule has 148 valence electrons. The summed E-state index contributed by atoms with van der Waals surface area (Å²) in [5.41, 5.74) is 1.97. The summed E-state index contributed by atoms with van der Waals surface area (Å²) >= 11 is 5.97. The molecule has 0 unspecified atom stereocenters. The summed E-state index contributed by atoms with van der Waals surface area (Å²) in [5.74, 6) is 0.0714. The molecule has 2 fully saturated rings. The van der Waals surface area contributed by atoms with Crippen LogP contribution in [0.2, 0.25) is 5.02 Å². The minimum Gasteiger partial charge on any atom is -0.306 e. The summed E-state index contributed by atoms with van der Waals surface area (Å²) in [6.07, 6.45) is 1.80. The lowest BCUT2D eigenvalue weighted by Crippen LogP contribution is -2.62. The van der Waals surface area contributed by atoms with E-state index in [1.54, 1.807) is 29.2 Å². The van der Waals surface area contributed by atoms with Crippen LogP contribution in [0.15, 0.2) is 54.6 Å². The Labute approximate surface area is 170 Å². The van der Waals surface area contributed by atoms with Gasteiger partial charge in [-0.1, -0.05) is 41.9 Å². The van der Waals surface area contributed by atoms with Crippen molar-refractivity contribution in [1.29, 1.82) is 0 Å². The zero-order valence-electron chi connectivity index (χ0n) is 15.5. The van der Waals surface area contributed by atoms with Crippen LogP contribution in [-0.4, -0.2) is 55.9 Å². The van der Waals surface area contributed by atoms with Gasteiger partial charge in [-0.05, 0) is 49.2 Å². The van der Waals surface area contributed by atoms with Gasteiger partial charge in [0, 0.05) is 16.8 Å². The molecule has 2 aromatic carbocycles. The quantitative estimate of drug-likeness (QED) is 0.749. The van der Waals surface area contributed by atoms with Gasteiger partial charge in [0.2, 0.25) is 5.91 Å². The summed E-state index contributed by atoms with van der Waals surface area (Å²) in [5, 5.41) is 0.589. The number of hydrogen-bond donors (Lipinski definition) is 0. The lowest BCUT2D eigenvalue weighted by molar-refractivity contribution is -0.123. The number of nitrogens with zero attached hydrogens (tertiary/aromatic N) is 2. The van der Waals surface area contributed by atoms with E-state index in [2.05, 4.69) is 17.0 Å². The number of anilines is 1. The van der Waals surface area contributed by atoms with E-state index < -0.39 is 9.84 Å². The number of carbonyl (C=O) groups excluding carboxylic acids is 1. The van der Waals surface area contributed by atoms with Gasteiger partial charge in [-0.3, -0.25) is 9.69 Å². The second kappa shape index (κ2) is 7.85. The van der Waals surface area contributed by atoms with Crippen molar-refractivity contribution < 1.29 is 13.2 Å². The number of piperazine rings is 1. The number of hydrogen-bond acceptors (Lipinski definition) is 4. The highest BCUT2D eigenvalue weighted by Crippen LogP contribution is 2.32. The molecule has 2 aromatic rings. The van der Waals surface area contributed by atoms with Crippen LogP contribution in [0.5, 0.6) is 0 Å². The Hall–Kier alpha value is -1.89. The van der Waals surface area contributed by atoms with E-state index in [-0.39, 0.29) is 36.0 Å². The molecule has 0 N–H and O–H groups in total. The minimum absolute atomic E-state index is 0.0151. The lowest BCUT2D eigenvalue weighted by Gasteiger charge is -2.43. The summed E-state index contributed by atoms with van der Waals surface area (Å²) < 4.78 is 24.8. The molecule has 0 spiro atoms. The number of aryl methyl sites for hydroxylation is 1. The van der Waals surface area contributed by atoms with Crippen molar-refractivity contribution in [2.24, 2.45) is 0 Å². The molecule has 2 aliphatic heterocycles. The van der Waals surface area contributed by atoms with Gasteiger partial charge in [0.25, 0.3) is 0 Å². The number of benzene rings is 2. The standard InChI is InChI=1S/C21H23ClN2O3S/c22-17-8-10-18(11-9-17)24-20-15-28(26,27)14-19(20)23(13-21(24)25)12-4-7-16-5-2-1-3-6-16/h1-3,5-6,8-11,19-20H,4,7,12-15H2/t19-,20+/m0/s1. The molecule has 0 saturated carbocycles. The van der Waals surface area contributed by atoms with Crippen molar-refractivity contribution in [1.82, 2.24) is 4.90 Å². The number of sulfone groups is 1. The molecule has 2 aliphatic rings. The van der Waals surface area contributed by atoms with Crippen LogP contribution < -0.4 is 4.90 Å². The number of fused-ring (bicyclic) bond motifs is 1. The fourth-order valence-corrected chi connectivity index (χ4v) is 6.38. The highest BCUT2D eigenvalue weighted by atomic mass is 35.5. The fraction of sp³-hybridized carbons (Fsp3) is 0.381. The molecule has 2 heterocycles. The summed E-state index contributed by atoms with van der Waals surface area (Å²) in [7, 11) is -3.17. The van der Waals surface area contributed by atoms with Crippen molar-refractivity contribution in [3.63, 3.8) is 0 Å². The monoisotopic (exact) mass is 418 g/mol. The summed E-state index contributed by atoms with van der Waals surface area (Å²) in [6, 6.07) is 16.7. The van der Waals surface area contributed by atoms with Gasteiger partial charge in [0.15, 0.2) is 9.84 Å². The predicted molar refractivity (Wildman–Crippen MR) is 112 cm³/mol. The third-order valence-electron chi connectivity index (χ3n) is 5.56. The molecule has 1 amide bonds. The second-order valence-corrected chi connectivity index (χ2v) is 10.1. The maximum atomic E-state index is 12.9. The Morgan fingerprint density at radius 1 is 0.964 bits per heavy atom. The van der Waals surface area contributed by atoms with Crippen LogP contribution >= 0.6 is 11.6 Å². The van der Waals surface area contributed by atoms with Crippen LogP contribution in [-0.2, 0) is 21.1 Å². The van der Waals surface area contributed by atoms with Gasteiger partial charge >= 0.3 is 0 Å². The van der Waals surface area contributed by atoms with Gasteiger partial charge in [-0.25, -0.2) is 8.42 Å². The van der Waals surface area contributed by atoms with E-state index >= 15 is 0 Å². The molecular weight excluding hydrogens is 396 g/mol. The molecule has 2 atom stereocenters. The van der Waals surface area contributed by atoms with Crippen molar-refractivity contribution in [3.8, 4) is 0 Å². The predicted octanol–water partition coefficient (Wildman–Crippen LogP) is 2.79. The first kappa shape index (κ1) is 19.4. The average molecular weight is 419 g/mol. The van der Waals surface area contributed by atoms with E-state index in [4.69, 9.17) is 11.6 Å². The molecule has 0 aromatic heterocycles. The van der Waals surface area contributed by atoms with Crippen LogP contribution in [0.4, 0.5) is 5.69 Å². The number of carbonyl (C=O) groups is 1. The van der Waals surface area contributed by atoms with Crippen LogP contribution in [0.25, 0.3) is 0 Å². The van der Waals surface area contributed by atoms with Gasteiger partial charge < -0.3 is 4.90 Å². The molecule has 7 heteroatoms. The zero-order chi connectivity index (χ0) is 19.7. The molecule has 0 radical (unpaired) electrons. The zero-order valence-corrected chi connectivity index (χ0v) is 17.1. The molecule has 0 bridgehead atoms. The smallest absolute Gasteiger partial charge is 0.241 e. The van der Waals surface area contributed by atoms with E-state index in [1.807, 2.05) is 18.2 Å². The Morgan fingerprint density at radius 2 is 1.64 bits per heavy atom. The fourth-order valence-electron chi connectivity index (χ4n) is 4.27. The maximum absolute atomic E-state index is 12.9. The normalized spacial score (nSPS) is 24.3. The first-order valence-corrected chi connectivity index (χ1v) is 11.7. The van der Waals surface area contributed by atoms with Crippen molar-refractivity contribution in [2.45, 2.75) is 24.9 Å². The van der Waals surface area contributed by atoms with Gasteiger partial charge in [-0.2, -0.15) is 0 Å². The van der Waals surface area contributed by atoms with E-state index in [1.165, 1.54) is 5.56 Å². The van der Waals surface area contributed by atoms with Crippen molar-refractivity contribution in [2.75, 3.05) is 29.5 Å². The Bertz CT molecular complexity index is 947. The molecular formula is C21H23ClN2O3S. The largest absolute Gasteiger partial charge is 0.306 e. The van der Waals surface area contributed by atoms with Crippen molar-refractivity contribution in [3.05, 3.63) is 65.2 Å². The highest BCUT2D eigenvalue weighted by molar-refractivity contribution is 7.91. The summed E-state index contributed by atoms with van der Waals surface area (Å²) in [6.45, 7) is 0.958. The maximum Gasteiger partial charge on any atom is 0.241 e. The first-order chi connectivity index (χ1) is 13.4. The Morgan fingerprint density at radius 3 is 2.36 bits per heavy atom. The Balaban J connectivity index is 1.52. The number of rotatable bonds is 5. The summed E-state index contributed by atoms with van der Waals surface area (Å²) in [4.78, 5) is 16.7. The van der Waals surface area contributed by atoms with Gasteiger partial charge in [-0.15, -0.1) is 0 Å². The topological polar surface area (TPSA) is 57.7 Å².